The van der Waals surface area contributed by atoms with Crippen molar-refractivity contribution in [3.05, 3.63) is 124 Å². The second kappa shape index (κ2) is 32.9. The summed E-state index contributed by atoms with van der Waals surface area (Å²) in [7, 11) is 0. The van der Waals surface area contributed by atoms with Gasteiger partial charge in [0.2, 0.25) is 0 Å². The van der Waals surface area contributed by atoms with Gasteiger partial charge in [-0.25, -0.2) is 0 Å². The van der Waals surface area contributed by atoms with Crippen LogP contribution >= 0.6 is 0 Å². The molecule has 3 aliphatic heterocycles. The van der Waals surface area contributed by atoms with Gasteiger partial charge in [-0.1, -0.05) is 123 Å². The first-order valence-electron chi connectivity index (χ1n) is 19.2. The quantitative estimate of drug-likeness (QED) is 0.150. The molecule has 3 radical (unpaired) electrons. The van der Waals surface area contributed by atoms with Gasteiger partial charge < -0.3 is 51.3 Å². The van der Waals surface area contributed by atoms with E-state index in [2.05, 4.69) is 120 Å². The molecule has 2 saturated heterocycles. The van der Waals surface area contributed by atoms with Crippen LogP contribution in [0.2, 0.25) is 0 Å². The summed E-state index contributed by atoms with van der Waals surface area (Å²) < 4.78 is 0. The summed E-state index contributed by atoms with van der Waals surface area (Å²) in [5.41, 5.74) is 22.0. The number of allylic oxidation sites excluding steroid dienone is 2. The van der Waals surface area contributed by atoms with E-state index in [-0.39, 0.29) is 87.8 Å². The van der Waals surface area contributed by atoms with Gasteiger partial charge >= 0.3 is 18.9 Å². The summed E-state index contributed by atoms with van der Waals surface area (Å²) in [5.74, 6) is -0.104. The Hall–Kier alpha value is -0.752. The first-order chi connectivity index (χ1) is 25.1. The fourth-order valence-corrected chi connectivity index (χ4v) is 6.24. The van der Waals surface area contributed by atoms with Crippen molar-refractivity contribution in [1.82, 2.24) is 0 Å². The Kier molecular flexibility index (Phi) is 37.5. The van der Waals surface area contributed by atoms with E-state index >= 15 is 0 Å². The molecule has 0 aromatic heterocycles. The Morgan fingerprint density at radius 1 is 0.508 bits per heavy atom. The zero-order valence-corrected chi connectivity index (χ0v) is 43.2. The maximum Gasteiger partial charge on any atom is 1.00 e. The number of halogens is 1. The summed E-state index contributed by atoms with van der Waals surface area (Å²) in [5, 5.41) is 63.4. The smallest absolute Gasteiger partial charge is 1.00 e. The molecule has 2 fully saturated rings. The number of rotatable bonds is 0. The molecule has 6 rings (SSSR count). The standard InChI is InChI=1S/3C10H15.2C5H10NO2.C5H6NO2.FH.Li.3Rh/c3*1-6-7(2)9(4)10(5)8(6)3;3*7-4-2-1-3-6-5(4)8;;;;;/h3*1-5H3;2*4-5,7-8H,1-3H2;1-3,5,7-8H;1H;;;;/q6*-1;;+1;;;/p-1. The van der Waals surface area contributed by atoms with Crippen molar-refractivity contribution >= 4 is 0 Å². The molecule has 3 aromatic rings. The van der Waals surface area contributed by atoms with E-state index in [1.54, 1.807) is 6.08 Å². The summed E-state index contributed by atoms with van der Waals surface area (Å²) >= 11 is 0. The molecule has 14 heteroatoms. The van der Waals surface area contributed by atoms with Crippen molar-refractivity contribution in [2.24, 2.45) is 0 Å². The first-order valence-corrected chi connectivity index (χ1v) is 19.2. The van der Waals surface area contributed by atoms with Crippen LogP contribution in [0.25, 0.3) is 16.0 Å². The monoisotopic (exact) mass is 1080 g/mol. The predicted octanol–water partition coefficient (Wildman–Crippen LogP) is 3.16. The predicted molar refractivity (Wildman–Crippen MR) is 225 cm³/mol. The van der Waals surface area contributed by atoms with E-state index in [1.807, 2.05) is 0 Å². The van der Waals surface area contributed by atoms with Crippen LogP contribution in [0.5, 0.6) is 0 Å². The molecule has 0 bridgehead atoms. The first kappa shape index (κ1) is 67.3. The van der Waals surface area contributed by atoms with E-state index in [4.69, 9.17) is 30.6 Å². The van der Waals surface area contributed by atoms with Gasteiger partial charge in [0.15, 0.2) is 0 Å². The number of piperidine rings is 2. The molecule has 5 atom stereocenters. The third kappa shape index (κ3) is 20.5. The van der Waals surface area contributed by atoms with Gasteiger partial charge in [0.1, 0.15) is 5.76 Å². The molecule has 0 aliphatic carbocycles. The number of hydrogen-bond donors (Lipinski definition) is 6. The molecule has 0 spiro atoms. The molecule has 0 saturated carbocycles. The minimum Gasteiger partial charge on any atom is -1.00 e. The van der Waals surface area contributed by atoms with E-state index in [0.29, 0.717) is 25.9 Å². The van der Waals surface area contributed by atoms with Crippen molar-refractivity contribution in [3.63, 3.8) is 0 Å². The molecule has 3 aliphatic rings. The Balaban J connectivity index is -0.000000195. The van der Waals surface area contributed by atoms with Crippen LogP contribution < -0.4 is 23.6 Å². The third-order valence-corrected chi connectivity index (χ3v) is 11.9. The van der Waals surface area contributed by atoms with Crippen molar-refractivity contribution in [2.45, 2.75) is 160 Å². The van der Waals surface area contributed by atoms with Crippen LogP contribution in [0.4, 0.5) is 0 Å². The van der Waals surface area contributed by atoms with Crippen LogP contribution in [0.15, 0.2) is 24.1 Å². The minimum atomic E-state index is -1.04. The second-order valence-electron chi connectivity index (χ2n) is 14.9. The van der Waals surface area contributed by atoms with Gasteiger partial charge in [0, 0.05) is 64.7 Å². The second-order valence-corrected chi connectivity index (χ2v) is 14.9. The van der Waals surface area contributed by atoms with Gasteiger partial charge in [-0.15, -0.1) is 13.1 Å². The molecular weight excluding hydrogens is 1010 g/mol. The van der Waals surface area contributed by atoms with Crippen LogP contribution in [0, 0.1) is 104 Å². The summed E-state index contributed by atoms with van der Waals surface area (Å²) in [6, 6.07) is 0. The number of nitrogens with zero attached hydrogens (tertiary/aromatic N) is 3. The summed E-state index contributed by atoms with van der Waals surface area (Å²) in [6.45, 7) is 34.4. The fraction of sp³-hybridized carbons (Fsp3) is 0.578. The molecule has 59 heavy (non-hydrogen) atoms. The van der Waals surface area contributed by atoms with Crippen LogP contribution in [-0.2, 0) is 58.4 Å². The Labute approximate surface area is 406 Å². The van der Waals surface area contributed by atoms with E-state index in [1.165, 1.54) is 95.7 Å². The van der Waals surface area contributed by atoms with E-state index < -0.39 is 30.9 Å². The van der Waals surface area contributed by atoms with Crippen molar-refractivity contribution in [3.8, 4) is 0 Å². The molecule has 3 heterocycles. The molecule has 9 nitrogen and oxygen atoms in total. The van der Waals surface area contributed by atoms with Crippen molar-refractivity contribution < 1.29 is 113 Å². The Morgan fingerprint density at radius 3 is 0.881 bits per heavy atom. The number of aliphatic hydroxyl groups excluding tert-OH is 6. The third-order valence-electron chi connectivity index (χ3n) is 11.9. The minimum absolute atomic E-state index is 0. The topological polar surface area (TPSA) is 164 Å². The van der Waals surface area contributed by atoms with Gasteiger partial charge in [0.25, 0.3) is 0 Å². The zero-order valence-electron chi connectivity index (χ0n) is 38.3. The maximum atomic E-state index is 8.83. The van der Waals surface area contributed by atoms with Crippen LogP contribution in [0.3, 0.4) is 0 Å². The zero-order chi connectivity index (χ0) is 41.6. The van der Waals surface area contributed by atoms with Crippen LogP contribution in [-0.4, -0.2) is 74.6 Å². The SMILES string of the molecule is Cc1c(C)c(C)[c-](C)c1C.Cc1c(C)c(C)[c-](C)c1C.Cc1c(C)c(C)[c-](C)c1C.OC1=CC=C[N-]C1O.OC1CCC[N-]C1O.OC1CCC[N-]C1O.[F-].[Li+].[Rh].[Rh].[Rh]. The van der Waals surface area contributed by atoms with Gasteiger partial charge in [-0.3, -0.25) is 0 Å². The largest absolute Gasteiger partial charge is 1.00 e. The van der Waals surface area contributed by atoms with E-state index in [9.17, 15) is 0 Å². The summed E-state index contributed by atoms with van der Waals surface area (Å²) in [6.07, 6.45) is 3.68. The molecular formula is C45H71FLiN3O6Rh3-6. The maximum absolute atomic E-state index is 8.83. The average Bonchev–Trinajstić information content (AvgIpc) is 3.52. The fourth-order valence-electron chi connectivity index (χ4n) is 6.24. The Bertz CT molecular complexity index is 1270. The average molecular weight is 1080 g/mol. The van der Waals surface area contributed by atoms with E-state index in [0.717, 1.165) is 12.8 Å². The number of hydrogen-bond acceptors (Lipinski definition) is 6. The van der Waals surface area contributed by atoms with Crippen molar-refractivity contribution in [1.29, 1.82) is 0 Å². The molecule has 6 N–H and O–H groups in total. The molecule has 5 unspecified atom stereocenters. The van der Waals surface area contributed by atoms with Crippen LogP contribution in [0.1, 0.15) is 109 Å². The molecule has 3 aromatic carbocycles. The van der Waals surface area contributed by atoms with Gasteiger partial charge in [-0.2, -0.15) is 89.7 Å². The normalized spacial score (nSPS) is 19.7. The number of aliphatic hydroxyl groups is 6. The molecule has 343 valence electrons. The van der Waals surface area contributed by atoms with Gasteiger partial charge in [0.05, 0.1) is 12.2 Å². The van der Waals surface area contributed by atoms with Crippen molar-refractivity contribution in [2.75, 3.05) is 13.1 Å². The molecule has 0 amide bonds. The summed E-state index contributed by atoms with van der Waals surface area (Å²) in [4.78, 5) is 0. The van der Waals surface area contributed by atoms with Gasteiger partial charge in [-0.05, 0) is 31.4 Å². The Morgan fingerprint density at radius 2 is 0.763 bits per heavy atom.